The standard InChI is InChI=1S/C16H24N2O3/c1-4-6-7-11-17-16(21-5-2)18-15(19)13-9-8-10-14(12-13)20-3/h8-10,12H,4-7,11H2,1-3H3,(H,17,18,19). The number of carbonyl (C=O) groups is 1. The molecule has 1 rings (SSSR count). The van der Waals surface area contributed by atoms with Crippen LogP contribution in [-0.2, 0) is 4.74 Å². The maximum absolute atomic E-state index is 12.2. The molecule has 1 amide bonds. The normalized spacial score (nSPS) is 11.1. The van der Waals surface area contributed by atoms with Crippen molar-refractivity contribution in [3.8, 4) is 5.75 Å². The summed E-state index contributed by atoms with van der Waals surface area (Å²) in [6, 6.07) is 7.24. The van der Waals surface area contributed by atoms with Gasteiger partial charge in [-0.05, 0) is 31.5 Å². The quantitative estimate of drug-likeness (QED) is 0.477. The van der Waals surface area contributed by atoms with Gasteiger partial charge in [-0.2, -0.15) is 0 Å². The van der Waals surface area contributed by atoms with Crippen molar-refractivity contribution >= 4 is 11.9 Å². The van der Waals surface area contributed by atoms with Crippen LogP contribution in [-0.4, -0.2) is 32.2 Å². The van der Waals surface area contributed by atoms with Crippen molar-refractivity contribution in [2.24, 2.45) is 4.99 Å². The van der Waals surface area contributed by atoms with Gasteiger partial charge in [0.1, 0.15) is 5.75 Å². The number of methoxy groups -OCH3 is 1. The Labute approximate surface area is 126 Å². The van der Waals surface area contributed by atoms with Crippen LogP contribution < -0.4 is 10.1 Å². The molecule has 5 nitrogen and oxygen atoms in total. The Hall–Kier alpha value is -2.04. The Morgan fingerprint density at radius 1 is 1.29 bits per heavy atom. The van der Waals surface area contributed by atoms with Crippen molar-refractivity contribution < 1.29 is 14.3 Å². The fourth-order valence-electron chi connectivity index (χ4n) is 1.73. The fourth-order valence-corrected chi connectivity index (χ4v) is 1.73. The maximum atomic E-state index is 12.2. The lowest BCUT2D eigenvalue weighted by Gasteiger charge is -2.10. The van der Waals surface area contributed by atoms with Gasteiger partial charge in [-0.25, -0.2) is 4.99 Å². The Kier molecular flexibility index (Phi) is 7.94. The van der Waals surface area contributed by atoms with E-state index in [-0.39, 0.29) is 11.9 Å². The molecule has 0 aromatic heterocycles. The average Bonchev–Trinajstić information content (AvgIpc) is 2.51. The molecule has 0 saturated heterocycles. The Balaban J connectivity index is 2.66. The van der Waals surface area contributed by atoms with Gasteiger partial charge < -0.3 is 9.47 Å². The van der Waals surface area contributed by atoms with Crippen LogP contribution in [0.2, 0.25) is 0 Å². The minimum atomic E-state index is -0.253. The molecule has 0 heterocycles. The summed E-state index contributed by atoms with van der Waals surface area (Å²) >= 11 is 0. The average molecular weight is 292 g/mol. The number of carbonyl (C=O) groups excluding carboxylic acids is 1. The van der Waals surface area contributed by atoms with E-state index in [2.05, 4.69) is 17.2 Å². The number of aliphatic imine (C=N–C) groups is 1. The van der Waals surface area contributed by atoms with Crippen molar-refractivity contribution in [3.05, 3.63) is 29.8 Å². The summed E-state index contributed by atoms with van der Waals surface area (Å²) in [4.78, 5) is 16.4. The zero-order valence-electron chi connectivity index (χ0n) is 13.0. The van der Waals surface area contributed by atoms with Crippen LogP contribution in [0.3, 0.4) is 0 Å². The number of hydrogen-bond acceptors (Lipinski definition) is 4. The SMILES string of the molecule is CCCCCN=C(NC(=O)c1cccc(OC)c1)OCC. The third kappa shape index (κ3) is 6.29. The van der Waals surface area contributed by atoms with Crippen LogP contribution in [0.15, 0.2) is 29.3 Å². The highest BCUT2D eigenvalue weighted by molar-refractivity contribution is 6.04. The molecule has 0 radical (unpaired) electrons. The number of amidine groups is 1. The van der Waals surface area contributed by atoms with Gasteiger partial charge >= 0.3 is 0 Å². The predicted octanol–water partition coefficient (Wildman–Crippen LogP) is 3.01. The minimum absolute atomic E-state index is 0.253. The molecule has 0 saturated carbocycles. The third-order valence-electron chi connectivity index (χ3n) is 2.85. The highest BCUT2D eigenvalue weighted by atomic mass is 16.5. The summed E-state index contributed by atoms with van der Waals surface area (Å²) in [5, 5.41) is 2.70. The molecule has 5 heteroatoms. The summed E-state index contributed by atoms with van der Waals surface area (Å²) in [5.41, 5.74) is 0.510. The van der Waals surface area contributed by atoms with Crippen LogP contribution in [0.5, 0.6) is 5.75 Å². The van der Waals surface area contributed by atoms with Crippen molar-refractivity contribution in [1.82, 2.24) is 5.32 Å². The first-order chi connectivity index (χ1) is 10.2. The lowest BCUT2D eigenvalue weighted by molar-refractivity contribution is 0.0966. The number of unbranched alkanes of at least 4 members (excludes halogenated alkanes) is 2. The summed E-state index contributed by atoms with van der Waals surface area (Å²) < 4.78 is 10.5. The van der Waals surface area contributed by atoms with Crippen molar-refractivity contribution in [2.75, 3.05) is 20.3 Å². The molecular formula is C16H24N2O3. The molecule has 0 fully saturated rings. The van der Waals surface area contributed by atoms with Gasteiger partial charge in [0.2, 0.25) is 0 Å². The summed E-state index contributed by atoms with van der Waals surface area (Å²) in [5.74, 6) is 0.386. The number of benzene rings is 1. The smallest absolute Gasteiger partial charge is 0.291 e. The molecule has 0 unspecified atom stereocenters. The number of nitrogens with one attached hydrogen (secondary N) is 1. The number of nitrogens with zero attached hydrogens (tertiary/aromatic N) is 1. The van der Waals surface area contributed by atoms with Gasteiger partial charge in [-0.15, -0.1) is 0 Å². The number of hydrogen-bond donors (Lipinski definition) is 1. The van der Waals surface area contributed by atoms with Gasteiger partial charge in [0.15, 0.2) is 0 Å². The third-order valence-corrected chi connectivity index (χ3v) is 2.85. The summed E-state index contributed by atoms with van der Waals surface area (Å²) in [6.45, 7) is 5.11. The summed E-state index contributed by atoms with van der Waals surface area (Å²) in [7, 11) is 1.57. The predicted molar refractivity (Wildman–Crippen MR) is 83.9 cm³/mol. The molecule has 0 atom stereocenters. The van der Waals surface area contributed by atoms with Crippen molar-refractivity contribution in [3.63, 3.8) is 0 Å². The molecule has 1 aromatic carbocycles. The molecule has 1 aromatic rings. The van der Waals surface area contributed by atoms with E-state index in [0.29, 0.717) is 24.5 Å². The highest BCUT2D eigenvalue weighted by Crippen LogP contribution is 2.12. The van der Waals surface area contributed by atoms with E-state index in [0.717, 1.165) is 19.3 Å². The van der Waals surface area contributed by atoms with E-state index in [4.69, 9.17) is 9.47 Å². The second-order valence-corrected chi connectivity index (χ2v) is 4.51. The molecule has 0 aliphatic heterocycles. The lowest BCUT2D eigenvalue weighted by atomic mass is 10.2. The summed E-state index contributed by atoms with van der Waals surface area (Å²) in [6.07, 6.45) is 3.24. The van der Waals surface area contributed by atoms with E-state index in [1.165, 1.54) is 0 Å². The van der Waals surface area contributed by atoms with E-state index < -0.39 is 0 Å². The monoisotopic (exact) mass is 292 g/mol. The largest absolute Gasteiger partial charge is 0.497 e. The Morgan fingerprint density at radius 3 is 2.76 bits per heavy atom. The molecule has 21 heavy (non-hydrogen) atoms. The van der Waals surface area contributed by atoms with Gasteiger partial charge in [0.05, 0.1) is 13.7 Å². The second kappa shape index (κ2) is 9.80. The van der Waals surface area contributed by atoms with Crippen LogP contribution in [0.4, 0.5) is 0 Å². The Morgan fingerprint density at radius 2 is 2.10 bits per heavy atom. The van der Waals surface area contributed by atoms with E-state index in [1.807, 2.05) is 6.92 Å². The number of rotatable bonds is 7. The number of ether oxygens (including phenoxy) is 2. The van der Waals surface area contributed by atoms with Gasteiger partial charge in [-0.3, -0.25) is 10.1 Å². The van der Waals surface area contributed by atoms with Crippen LogP contribution in [0.25, 0.3) is 0 Å². The number of amides is 1. The zero-order chi connectivity index (χ0) is 15.5. The minimum Gasteiger partial charge on any atom is -0.497 e. The molecule has 0 aliphatic carbocycles. The first-order valence-electron chi connectivity index (χ1n) is 7.33. The zero-order valence-corrected chi connectivity index (χ0v) is 13.0. The fraction of sp³-hybridized carbons (Fsp3) is 0.500. The van der Waals surface area contributed by atoms with E-state index in [9.17, 15) is 4.79 Å². The van der Waals surface area contributed by atoms with Crippen molar-refractivity contribution in [2.45, 2.75) is 33.1 Å². The molecular weight excluding hydrogens is 268 g/mol. The van der Waals surface area contributed by atoms with Crippen LogP contribution in [0.1, 0.15) is 43.5 Å². The Bertz CT molecular complexity index is 472. The topological polar surface area (TPSA) is 59.9 Å². The maximum Gasteiger partial charge on any atom is 0.291 e. The molecule has 0 bridgehead atoms. The molecule has 1 N–H and O–H groups in total. The molecule has 0 spiro atoms. The lowest BCUT2D eigenvalue weighted by Crippen LogP contribution is -2.32. The highest BCUT2D eigenvalue weighted by Gasteiger charge is 2.10. The van der Waals surface area contributed by atoms with E-state index >= 15 is 0 Å². The molecule has 0 aliphatic rings. The first kappa shape index (κ1) is 17.0. The van der Waals surface area contributed by atoms with Crippen molar-refractivity contribution in [1.29, 1.82) is 0 Å². The van der Waals surface area contributed by atoms with Crippen LogP contribution >= 0.6 is 0 Å². The van der Waals surface area contributed by atoms with Gasteiger partial charge in [0.25, 0.3) is 11.9 Å². The molecule has 116 valence electrons. The van der Waals surface area contributed by atoms with Gasteiger partial charge in [-0.1, -0.05) is 25.8 Å². The second-order valence-electron chi connectivity index (χ2n) is 4.51. The van der Waals surface area contributed by atoms with E-state index in [1.54, 1.807) is 31.4 Å². The van der Waals surface area contributed by atoms with Gasteiger partial charge in [0, 0.05) is 12.1 Å². The van der Waals surface area contributed by atoms with Crippen LogP contribution in [0, 0.1) is 0 Å². The first-order valence-corrected chi connectivity index (χ1v) is 7.33.